The number of hydrogen-bond donors (Lipinski definition) is 0. The molecule has 0 unspecified atom stereocenters. The molecule has 0 aliphatic carbocycles. The van der Waals surface area contributed by atoms with Crippen molar-refractivity contribution in [3.05, 3.63) is 47.9 Å². The summed E-state index contributed by atoms with van der Waals surface area (Å²) in [5.74, 6) is 0.401. The summed E-state index contributed by atoms with van der Waals surface area (Å²) < 4.78 is 13.3. The number of pyridine rings is 1. The van der Waals surface area contributed by atoms with Crippen molar-refractivity contribution in [1.29, 1.82) is 0 Å². The van der Waals surface area contributed by atoms with Gasteiger partial charge in [0.25, 0.3) is 0 Å². The molecule has 0 N–H and O–H groups in total. The number of hydrogen-bond acceptors (Lipinski definition) is 5. The summed E-state index contributed by atoms with van der Waals surface area (Å²) in [5.41, 5.74) is 4.46. The van der Waals surface area contributed by atoms with Crippen LogP contribution >= 0.6 is 24.8 Å². The van der Waals surface area contributed by atoms with E-state index in [2.05, 4.69) is 34.4 Å². The third kappa shape index (κ3) is 5.32. The Bertz CT molecular complexity index is 1020. The van der Waals surface area contributed by atoms with Gasteiger partial charge in [-0.1, -0.05) is 6.07 Å². The molecule has 3 aromatic rings. The lowest BCUT2D eigenvalue weighted by atomic mass is 10.0. The molecule has 0 atom stereocenters. The Kier molecular flexibility index (Phi) is 9.81. The van der Waals surface area contributed by atoms with E-state index in [0.717, 1.165) is 27.7 Å². The molecule has 0 radical (unpaired) electrons. The number of aromatic nitrogens is 2. The Morgan fingerprint density at radius 2 is 1.94 bits per heavy atom. The number of carbonyl (C=O) groups is 1. The number of rotatable bonds is 7. The summed E-state index contributed by atoms with van der Waals surface area (Å²) in [4.78, 5) is 19.3. The molecular formula is C23H31Cl2N3O3. The normalized spacial score (nSPS) is 10.7. The molecular weight excluding hydrogens is 437 g/mol. The van der Waals surface area contributed by atoms with Gasteiger partial charge in [0.1, 0.15) is 5.75 Å². The zero-order valence-electron chi connectivity index (χ0n) is 18.8. The van der Waals surface area contributed by atoms with Gasteiger partial charge in [-0.3, -0.25) is 4.98 Å². The van der Waals surface area contributed by atoms with Crippen LogP contribution in [0.2, 0.25) is 0 Å². The highest BCUT2D eigenvalue weighted by molar-refractivity contribution is 6.07. The van der Waals surface area contributed by atoms with Gasteiger partial charge in [0, 0.05) is 47.2 Å². The summed E-state index contributed by atoms with van der Waals surface area (Å²) >= 11 is 0. The lowest BCUT2D eigenvalue weighted by Gasteiger charge is -2.19. The van der Waals surface area contributed by atoms with Crippen molar-refractivity contribution < 1.29 is 14.3 Å². The van der Waals surface area contributed by atoms with Crippen LogP contribution in [0.15, 0.2) is 36.7 Å². The fraction of sp³-hybridized carbons (Fsp3) is 0.391. The van der Waals surface area contributed by atoms with E-state index in [1.54, 1.807) is 13.3 Å². The first kappa shape index (κ1) is 26.8. The first-order valence-electron chi connectivity index (χ1n) is 9.86. The van der Waals surface area contributed by atoms with E-state index in [9.17, 15) is 4.79 Å². The van der Waals surface area contributed by atoms with E-state index < -0.39 is 0 Å². The van der Waals surface area contributed by atoms with E-state index in [4.69, 9.17) is 9.47 Å². The maximum atomic E-state index is 12.9. The monoisotopic (exact) mass is 467 g/mol. The van der Waals surface area contributed by atoms with E-state index >= 15 is 0 Å². The number of methoxy groups -OCH3 is 1. The Morgan fingerprint density at radius 3 is 2.45 bits per heavy atom. The number of halogens is 2. The number of benzene rings is 1. The molecule has 8 heteroatoms. The largest absolute Gasteiger partial charge is 0.496 e. The molecule has 0 saturated carbocycles. The molecule has 2 aromatic heterocycles. The van der Waals surface area contributed by atoms with Gasteiger partial charge in [0.2, 0.25) is 0 Å². The minimum absolute atomic E-state index is 0. The first-order chi connectivity index (χ1) is 13.9. The molecule has 0 spiro atoms. The van der Waals surface area contributed by atoms with Crippen molar-refractivity contribution >= 4 is 41.7 Å². The first-order valence-corrected chi connectivity index (χ1v) is 9.86. The Hall–Kier alpha value is -2.28. The van der Waals surface area contributed by atoms with Crippen LogP contribution < -0.4 is 4.74 Å². The van der Waals surface area contributed by atoms with Gasteiger partial charge in [-0.25, -0.2) is 4.79 Å². The summed E-state index contributed by atoms with van der Waals surface area (Å²) in [7, 11) is 5.64. The van der Waals surface area contributed by atoms with Gasteiger partial charge < -0.3 is 18.9 Å². The van der Waals surface area contributed by atoms with Gasteiger partial charge >= 0.3 is 5.97 Å². The molecule has 170 valence electrons. The molecule has 6 nitrogen and oxygen atoms in total. The smallest absolute Gasteiger partial charge is 0.340 e. The van der Waals surface area contributed by atoms with E-state index in [-0.39, 0.29) is 36.8 Å². The minimum Gasteiger partial charge on any atom is -0.496 e. The second kappa shape index (κ2) is 11.4. The lowest BCUT2D eigenvalue weighted by Crippen LogP contribution is -2.19. The summed E-state index contributed by atoms with van der Waals surface area (Å²) in [6.45, 7) is 7.04. The maximum Gasteiger partial charge on any atom is 0.340 e. The van der Waals surface area contributed by atoms with Crippen molar-refractivity contribution in [3.63, 3.8) is 0 Å². The van der Waals surface area contributed by atoms with Crippen LogP contribution in [-0.2, 0) is 11.3 Å². The highest BCUT2D eigenvalue weighted by Gasteiger charge is 2.26. The van der Waals surface area contributed by atoms with Crippen LogP contribution in [-0.4, -0.2) is 48.2 Å². The van der Waals surface area contributed by atoms with Crippen LogP contribution in [0.5, 0.6) is 5.75 Å². The number of ether oxygens (including phenoxy) is 2. The molecule has 0 saturated heterocycles. The van der Waals surface area contributed by atoms with Crippen molar-refractivity contribution in [2.75, 3.05) is 27.8 Å². The van der Waals surface area contributed by atoms with E-state index in [1.165, 1.54) is 0 Å². The fourth-order valence-electron chi connectivity index (χ4n) is 3.78. The van der Waals surface area contributed by atoms with Gasteiger partial charge in [-0.2, -0.15) is 0 Å². The molecule has 0 fully saturated rings. The molecule has 3 rings (SSSR count). The third-order valence-electron chi connectivity index (χ3n) is 4.86. The molecule has 2 heterocycles. The Balaban J connectivity index is 0.00000240. The summed E-state index contributed by atoms with van der Waals surface area (Å²) in [5, 5.41) is 0.846. The molecule has 0 amide bonds. The van der Waals surface area contributed by atoms with Crippen molar-refractivity contribution in [2.24, 2.45) is 0 Å². The predicted molar refractivity (Wildman–Crippen MR) is 130 cm³/mol. The van der Waals surface area contributed by atoms with Crippen LogP contribution in [0, 0.1) is 0 Å². The van der Waals surface area contributed by atoms with Crippen LogP contribution in [0.25, 0.3) is 22.0 Å². The predicted octanol–water partition coefficient (Wildman–Crippen LogP) is 5.37. The molecule has 1 aromatic carbocycles. The molecule has 0 bridgehead atoms. The fourth-order valence-corrected chi connectivity index (χ4v) is 3.78. The standard InChI is InChI=1S/C23H29N3O3.2ClH/c1-7-29-23(27)22-18-12-21(28-6)17(16-9-8-10-24-13-16)11-19(18)26(15(2)3)20(22)14-25(4)5;;/h8-13,15H,7,14H2,1-6H3;2*1H. The van der Waals surface area contributed by atoms with Crippen molar-refractivity contribution in [2.45, 2.75) is 33.4 Å². The summed E-state index contributed by atoms with van der Waals surface area (Å²) in [6, 6.07) is 8.12. The van der Waals surface area contributed by atoms with Gasteiger partial charge in [0.05, 0.1) is 24.8 Å². The van der Waals surface area contributed by atoms with E-state index in [1.807, 2.05) is 45.4 Å². The number of esters is 1. The number of carbonyl (C=O) groups excluding carboxylic acids is 1. The average molecular weight is 468 g/mol. The third-order valence-corrected chi connectivity index (χ3v) is 4.86. The number of fused-ring (bicyclic) bond motifs is 1. The molecule has 0 aliphatic heterocycles. The highest BCUT2D eigenvalue weighted by atomic mass is 35.5. The molecule has 0 aliphatic rings. The SMILES string of the molecule is CCOC(=O)c1c(CN(C)C)n(C(C)C)c2cc(-c3cccnc3)c(OC)cc12.Cl.Cl. The zero-order valence-corrected chi connectivity index (χ0v) is 20.5. The molecule has 31 heavy (non-hydrogen) atoms. The minimum atomic E-state index is -0.301. The Morgan fingerprint density at radius 1 is 1.23 bits per heavy atom. The number of nitrogens with zero attached hydrogens (tertiary/aromatic N) is 3. The van der Waals surface area contributed by atoms with Gasteiger partial charge in [-0.05, 0) is 53.1 Å². The summed E-state index contributed by atoms with van der Waals surface area (Å²) in [6.07, 6.45) is 3.57. The second-order valence-electron chi connectivity index (χ2n) is 7.56. The quantitative estimate of drug-likeness (QED) is 0.436. The second-order valence-corrected chi connectivity index (χ2v) is 7.56. The average Bonchev–Trinajstić information content (AvgIpc) is 2.99. The van der Waals surface area contributed by atoms with Crippen LogP contribution in [0.1, 0.15) is 42.9 Å². The Labute approximate surface area is 196 Å². The zero-order chi connectivity index (χ0) is 21.1. The van der Waals surface area contributed by atoms with Crippen molar-refractivity contribution in [3.8, 4) is 16.9 Å². The lowest BCUT2D eigenvalue weighted by molar-refractivity contribution is 0.0526. The maximum absolute atomic E-state index is 12.9. The van der Waals surface area contributed by atoms with Gasteiger partial charge in [-0.15, -0.1) is 24.8 Å². The topological polar surface area (TPSA) is 56.6 Å². The van der Waals surface area contributed by atoms with Crippen LogP contribution in [0.4, 0.5) is 0 Å². The van der Waals surface area contributed by atoms with E-state index in [0.29, 0.717) is 24.5 Å². The highest BCUT2D eigenvalue weighted by Crippen LogP contribution is 2.39. The van der Waals surface area contributed by atoms with Crippen molar-refractivity contribution in [1.82, 2.24) is 14.5 Å². The van der Waals surface area contributed by atoms with Gasteiger partial charge in [0.15, 0.2) is 0 Å². The van der Waals surface area contributed by atoms with Crippen LogP contribution in [0.3, 0.4) is 0 Å².